The van der Waals surface area contributed by atoms with Crippen LogP contribution in [0.2, 0.25) is 5.02 Å². The molecule has 0 aliphatic heterocycles. The maximum atomic E-state index is 12.6. The SMILES string of the molecule is CCOP(=O)(OCC)[C@@](C)(O)c1cccc(Cl)c1. The van der Waals surface area contributed by atoms with E-state index in [4.69, 9.17) is 20.6 Å². The second kappa shape index (κ2) is 6.18. The maximum Gasteiger partial charge on any atom is 0.366 e. The summed E-state index contributed by atoms with van der Waals surface area (Å²) in [5.41, 5.74) is 0.403. The van der Waals surface area contributed by atoms with Gasteiger partial charge in [-0.3, -0.25) is 4.57 Å². The van der Waals surface area contributed by atoms with Crippen LogP contribution >= 0.6 is 19.2 Å². The molecular weight excluding hydrogens is 275 g/mol. The lowest BCUT2D eigenvalue weighted by atomic mass is 10.1. The molecule has 0 unspecified atom stereocenters. The van der Waals surface area contributed by atoms with Crippen LogP contribution in [0.3, 0.4) is 0 Å². The molecule has 6 heteroatoms. The van der Waals surface area contributed by atoms with Gasteiger partial charge in [-0.05, 0) is 38.5 Å². The van der Waals surface area contributed by atoms with Crippen LogP contribution in [-0.4, -0.2) is 18.3 Å². The number of hydrogen-bond donors (Lipinski definition) is 1. The fourth-order valence-electron chi connectivity index (χ4n) is 1.57. The van der Waals surface area contributed by atoms with Crippen molar-refractivity contribution in [3.8, 4) is 0 Å². The Morgan fingerprint density at radius 3 is 2.33 bits per heavy atom. The molecule has 1 atom stereocenters. The van der Waals surface area contributed by atoms with Gasteiger partial charge in [0.15, 0.2) is 5.34 Å². The molecule has 1 aromatic carbocycles. The zero-order valence-corrected chi connectivity index (χ0v) is 12.4. The highest BCUT2D eigenvalue weighted by atomic mass is 35.5. The molecule has 1 N–H and O–H groups in total. The predicted molar refractivity (Wildman–Crippen MR) is 71.9 cm³/mol. The third-order valence-corrected chi connectivity index (χ3v) is 5.26. The van der Waals surface area contributed by atoms with Gasteiger partial charge in [0, 0.05) is 5.02 Å². The van der Waals surface area contributed by atoms with Crippen molar-refractivity contribution in [2.45, 2.75) is 26.1 Å². The molecule has 102 valence electrons. The van der Waals surface area contributed by atoms with Crippen molar-refractivity contribution in [3.05, 3.63) is 34.9 Å². The quantitative estimate of drug-likeness (QED) is 0.811. The zero-order valence-electron chi connectivity index (χ0n) is 10.7. The molecular formula is C12H18ClO4P. The van der Waals surface area contributed by atoms with Crippen molar-refractivity contribution in [1.29, 1.82) is 0 Å². The number of aliphatic hydroxyl groups is 1. The third kappa shape index (κ3) is 3.14. The molecule has 0 amide bonds. The minimum atomic E-state index is -3.67. The monoisotopic (exact) mass is 292 g/mol. The van der Waals surface area contributed by atoms with Crippen molar-refractivity contribution >= 4 is 19.2 Å². The van der Waals surface area contributed by atoms with Gasteiger partial charge in [-0.15, -0.1) is 0 Å². The van der Waals surface area contributed by atoms with Gasteiger partial charge in [-0.1, -0.05) is 23.7 Å². The second-order valence-electron chi connectivity index (χ2n) is 3.86. The van der Waals surface area contributed by atoms with E-state index in [9.17, 15) is 9.67 Å². The average Bonchev–Trinajstić information content (AvgIpc) is 2.29. The molecule has 0 fully saturated rings. The Labute approximate surface area is 112 Å². The largest absolute Gasteiger partial charge is 0.373 e. The predicted octanol–water partition coefficient (Wildman–Crippen LogP) is 3.77. The first-order valence-electron chi connectivity index (χ1n) is 5.75. The fraction of sp³-hybridized carbons (Fsp3) is 0.500. The van der Waals surface area contributed by atoms with Crippen LogP contribution in [0.25, 0.3) is 0 Å². The van der Waals surface area contributed by atoms with E-state index in [0.29, 0.717) is 10.6 Å². The van der Waals surface area contributed by atoms with Crippen LogP contribution in [0.15, 0.2) is 24.3 Å². The molecule has 0 bridgehead atoms. The van der Waals surface area contributed by atoms with Crippen LogP contribution in [0.4, 0.5) is 0 Å². The van der Waals surface area contributed by atoms with Crippen LogP contribution in [0.5, 0.6) is 0 Å². The average molecular weight is 293 g/mol. The molecule has 4 nitrogen and oxygen atoms in total. The highest BCUT2D eigenvalue weighted by molar-refractivity contribution is 7.54. The first kappa shape index (κ1) is 15.7. The lowest BCUT2D eigenvalue weighted by Crippen LogP contribution is -2.24. The zero-order chi connectivity index (χ0) is 13.8. The van der Waals surface area contributed by atoms with E-state index in [-0.39, 0.29) is 13.2 Å². The van der Waals surface area contributed by atoms with Crippen LogP contribution < -0.4 is 0 Å². The Balaban J connectivity index is 3.20. The number of hydrogen-bond acceptors (Lipinski definition) is 4. The molecule has 0 saturated carbocycles. The second-order valence-corrected chi connectivity index (χ2v) is 6.68. The van der Waals surface area contributed by atoms with E-state index < -0.39 is 12.9 Å². The van der Waals surface area contributed by atoms with E-state index in [2.05, 4.69) is 0 Å². The first-order valence-corrected chi connectivity index (χ1v) is 7.67. The first-order chi connectivity index (χ1) is 8.37. The Morgan fingerprint density at radius 1 is 1.33 bits per heavy atom. The molecule has 0 aliphatic rings. The van der Waals surface area contributed by atoms with Gasteiger partial charge in [0.1, 0.15) is 0 Å². The summed E-state index contributed by atoms with van der Waals surface area (Å²) in [7, 11) is -3.67. The van der Waals surface area contributed by atoms with Crippen molar-refractivity contribution in [3.63, 3.8) is 0 Å². The highest BCUT2D eigenvalue weighted by Crippen LogP contribution is 2.63. The lowest BCUT2D eigenvalue weighted by molar-refractivity contribution is 0.0802. The summed E-state index contributed by atoms with van der Waals surface area (Å²) < 4.78 is 22.9. The van der Waals surface area contributed by atoms with Crippen molar-refractivity contribution in [1.82, 2.24) is 0 Å². The molecule has 0 saturated heterocycles. The van der Waals surface area contributed by atoms with Crippen LogP contribution in [0, 0.1) is 0 Å². The van der Waals surface area contributed by atoms with Gasteiger partial charge in [-0.25, -0.2) is 0 Å². The third-order valence-electron chi connectivity index (χ3n) is 2.50. The van der Waals surface area contributed by atoms with Gasteiger partial charge in [0.25, 0.3) is 0 Å². The Hall–Kier alpha value is -0.380. The maximum absolute atomic E-state index is 12.6. The molecule has 0 spiro atoms. The lowest BCUT2D eigenvalue weighted by Gasteiger charge is -2.31. The van der Waals surface area contributed by atoms with E-state index in [1.807, 2.05) is 0 Å². The molecule has 18 heavy (non-hydrogen) atoms. The normalized spacial score (nSPS) is 15.4. The molecule has 1 aromatic rings. The Kier molecular flexibility index (Phi) is 5.38. The molecule has 0 heterocycles. The van der Waals surface area contributed by atoms with Gasteiger partial charge in [0.2, 0.25) is 0 Å². The van der Waals surface area contributed by atoms with E-state index in [1.54, 1.807) is 38.1 Å². The summed E-state index contributed by atoms with van der Waals surface area (Å²) in [4.78, 5) is 0. The number of rotatable bonds is 6. The summed E-state index contributed by atoms with van der Waals surface area (Å²) >= 11 is 5.87. The van der Waals surface area contributed by atoms with Crippen LogP contribution in [0.1, 0.15) is 26.3 Å². The topological polar surface area (TPSA) is 55.8 Å². The minimum Gasteiger partial charge on any atom is -0.373 e. The van der Waals surface area contributed by atoms with Gasteiger partial charge in [-0.2, -0.15) is 0 Å². The summed E-state index contributed by atoms with van der Waals surface area (Å²) in [6.45, 7) is 5.17. The summed E-state index contributed by atoms with van der Waals surface area (Å²) in [6, 6.07) is 6.53. The van der Waals surface area contributed by atoms with Gasteiger partial charge < -0.3 is 14.2 Å². The molecule has 0 aliphatic carbocycles. The fourth-order valence-corrected chi connectivity index (χ4v) is 3.47. The van der Waals surface area contributed by atoms with Gasteiger partial charge >= 0.3 is 7.60 Å². The van der Waals surface area contributed by atoms with Crippen molar-refractivity contribution in [2.24, 2.45) is 0 Å². The Morgan fingerprint density at radius 2 is 1.89 bits per heavy atom. The van der Waals surface area contributed by atoms with E-state index in [0.717, 1.165) is 0 Å². The van der Waals surface area contributed by atoms with Crippen LogP contribution in [-0.2, 0) is 19.0 Å². The molecule has 0 radical (unpaired) electrons. The highest BCUT2D eigenvalue weighted by Gasteiger charge is 2.47. The number of benzene rings is 1. The minimum absolute atomic E-state index is 0.188. The standard InChI is InChI=1S/C12H18ClO4P/c1-4-16-18(15,17-5-2)12(3,14)10-7-6-8-11(13)9-10/h6-9,14H,4-5H2,1-3H3/t12-/m1/s1. The summed E-state index contributed by atoms with van der Waals surface area (Å²) in [5, 5.41) is 9.24. The number of halogens is 1. The smallest absolute Gasteiger partial charge is 0.366 e. The van der Waals surface area contributed by atoms with Crippen molar-refractivity contribution in [2.75, 3.05) is 13.2 Å². The van der Waals surface area contributed by atoms with Gasteiger partial charge in [0.05, 0.1) is 13.2 Å². The Bertz CT molecular complexity index is 437. The molecule has 1 rings (SSSR count). The summed E-state index contributed by atoms with van der Waals surface area (Å²) in [5.74, 6) is 0. The molecule has 0 aromatic heterocycles. The van der Waals surface area contributed by atoms with E-state index in [1.165, 1.54) is 6.92 Å². The van der Waals surface area contributed by atoms with Crippen molar-refractivity contribution < 1.29 is 18.7 Å². The summed E-state index contributed by atoms with van der Waals surface area (Å²) in [6.07, 6.45) is 0. The van der Waals surface area contributed by atoms with E-state index >= 15 is 0 Å².